The normalized spacial score (nSPS) is 44.8. The Kier molecular flexibility index (Phi) is 1.17. The summed E-state index contributed by atoms with van der Waals surface area (Å²) in [6.45, 7) is 0. The summed E-state index contributed by atoms with van der Waals surface area (Å²) in [6.07, 6.45) is 13.4. The molecule has 0 unspecified atom stereocenters. The fraction of sp³-hybridized carbons (Fsp3) is 0.364. The van der Waals surface area contributed by atoms with Crippen molar-refractivity contribution in [3.05, 3.63) is 36.5 Å². The second-order valence-corrected chi connectivity index (χ2v) is 3.99. The Labute approximate surface area is 77.0 Å². The zero-order chi connectivity index (χ0) is 8.89. The Hall–Kier alpha value is -1.31. The molecule has 3 rings (SSSR count). The first-order valence-corrected chi connectivity index (χ1v) is 4.65. The lowest BCUT2D eigenvalue weighted by molar-refractivity contribution is -0.119. The third-order valence-electron chi connectivity index (χ3n) is 3.33. The summed E-state index contributed by atoms with van der Waals surface area (Å²) < 4.78 is 0. The second-order valence-electron chi connectivity index (χ2n) is 3.99. The van der Waals surface area contributed by atoms with Gasteiger partial charge in [-0.1, -0.05) is 36.5 Å². The highest BCUT2D eigenvalue weighted by molar-refractivity contribution is 5.82. The van der Waals surface area contributed by atoms with E-state index in [2.05, 4.69) is 41.8 Å². The van der Waals surface area contributed by atoms with Crippen LogP contribution in [0.1, 0.15) is 6.42 Å². The Morgan fingerprint density at radius 1 is 1.31 bits per heavy atom. The molecule has 66 valence electrons. The lowest BCUT2D eigenvalue weighted by atomic mass is 9.72. The summed E-state index contributed by atoms with van der Waals surface area (Å²) in [5.41, 5.74) is 0.0336. The lowest BCUT2D eigenvalue weighted by Gasteiger charge is -2.31. The molecule has 1 amide bonds. The van der Waals surface area contributed by atoms with Crippen molar-refractivity contribution in [1.82, 2.24) is 5.32 Å². The first-order chi connectivity index (χ1) is 6.31. The van der Waals surface area contributed by atoms with Crippen LogP contribution < -0.4 is 5.32 Å². The van der Waals surface area contributed by atoms with Crippen molar-refractivity contribution < 1.29 is 4.79 Å². The van der Waals surface area contributed by atoms with Gasteiger partial charge in [-0.3, -0.25) is 4.79 Å². The van der Waals surface area contributed by atoms with Gasteiger partial charge in [0.05, 0.1) is 6.04 Å². The van der Waals surface area contributed by atoms with Gasteiger partial charge in [-0.2, -0.15) is 0 Å². The van der Waals surface area contributed by atoms with Crippen LogP contribution in [-0.4, -0.2) is 11.9 Å². The van der Waals surface area contributed by atoms with Crippen molar-refractivity contribution in [3.8, 4) is 0 Å². The van der Waals surface area contributed by atoms with Gasteiger partial charge < -0.3 is 5.32 Å². The van der Waals surface area contributed by atoms with Crippen LogP contribution in [0.25, 0.3) is 0 Å². The number of carbonyl (C=O) groups is 1. The number of rotatable bonds is 0. The van der Waals surface area contributed by atoms with Crippen LogP contribution >= 0.6 is 0 Å². The van der Waals surface area contributed by atoms with E-state index in [-0.39, 0.29) is 17.4 Å². The van der Waals surface area contributed by atoms with Crippen LogP contribution in [0.4, 0.5) is 0 Å². The minimum absolute atomic E-state index is 0.0336. The van der Waals surface area contributed by atoms with Gasteiger partial charge >= 0.3 is 0 Å². The van der Waals surface area contributed by atoms with Crippen molar-refractivity contribution >= 4 is 5.91 Å². The average Bonchev–Trinajstić information content (AvgIpc) is 2.57. The molecule has 1 aliphatic heterocycles. The third-order valence-corrected chi connectivity index (χ3v) is 3.33. The molecule has 1 N–H and O–H groups in total. The summed E-state index contributed by atoms with van der Waals surface area (Å²) in [6, 6.07) is 0.228. The highest BCUT2D eigenvalue weighted by atomic mass is 16.2. The van der Waals surface area contributed by atoms with Gasteiger partial charge in [-0.15, -0.1) is 0 Å². The molecular weight excluding hydrogens is 162 g/mol. The van der Waals surface area contributed by atoms with Crippen molar-refractivity contribution in [1.29, 1.82) is 0 Å². The third kappa shape index (κ3) is 0.755. The topological polar surface area (TPSA) is 29.1 Å². The molecule has 0 aromatic rings. The van der Waals surface area contributed by atoms with Gasteiger partial charge in [-0.05, 0) is 0 Å². The molecule has 1 heterocycles. The summed E-state index contributed by atoms with van der Waals surface area (Å²) >= 11 is 0. The maximum Gasteiger partial charge on any atom is 0.221 e. The van der Waals surface area contributed by atoms with Crippen molar-refractivity contribution in [2.24, 2.45) is 11.3 Å². The van der Waals surface area contributed by atoms with Crippen LogP contribution in [0.2, 0.25) is 0 Å². The lowest BCUT2D eigenvalue weighted by Crippen LogP contribution is -2.35. The molecule has 0 bridgehead atoms. The Balaban J connectivity index is 2.09. The van der Waals surface area contributed by atoms with Crippen LogP contribution in [0, 0.1) is 11.3 Å². The van der Waals surface area contributed by atoms with E-state index in [1.807, 2.05) is 0 Å². The Morgan fingerprint density at radius 3 is 3.15 bits per heavy atom. The fourth-order valence-corrected chi connectivity index (χ4v) is 2.64. The molecule has 1 saturated heterocycles. The van der Waals surface area contributed by atoms with E-state index in [0.29, 0.717) is 12.3 Å². The van der Waals surface area contributed by atoms with Gasteiger partial charge in [0.1, 0.15) is 0 Å². The van der Waals surface area contributed by atoms with E-state index in [0.717, 1.165) is 0 Å². The van der Waals surface area contributed by atoms with Gasteiger partial charge in [0.15, 0.2) is 0 Å². The summed E-state index contributed by atoms with van der Waals surface area (Å²) in [4.78, 5) is 11.3. The number of amides is 1. The average molecular weight is 173 g/mol. The molecule has 3 aliphatic rings. The highest BCUT2D eigenvalue weighted by Gasteiger charge is 2.51. The van der Waals surface area contributed by atoms with Crippen molar-refractivity contribution in [3.63, 3.8) is 0 Å². The van der Waals surface area contributed by atoms with Crippen LogP contribution in [0.5, 0.6) is 0 Å². The molecule has 1 spiro atoms. The minimum Gasteiger partial charge on any atom is -0.349 e. The predicted octanol–water partition coefficient (Wildman–Crippen LogP) is 1.17. The Bertz CT molecular complexity index is 353. The molecule has 2 heteroatoms. The van der Waals surface area contributed by atoms with Gasteiger partial charge in [0.25, 0.3) is 0 Å². The SMILES string of the molecule is O=C1C[C@]23C=CC=C[C@H]2C=C[C@H]3N1. The quantitative estimate of drug-likeness (QED) is 0.547. The smallest absolute Gasteiger partial charge is 0.221 e. The minimum atomic E-state index is 0.0336. The first-order valence-electron chi connectivity index (χ1n) is 4.65. The number of carbonyl (C=O) groups excluding carboxylic acids is 1. The summed E-state index contributed by atoms with van der Waals surface area (Å²) in [5, 5.41) is 2.99. The van der Waals surface area contributed by atoms with E-state index in [9.17, 15) is 4.79 Å². The molecule has 0 aromatic carbocycles. The molecule has 13 heavy (non-hydrogen) atoms. The van der Waals surface area contributed by atoms with E-state index in [4.69, 9.17) is 0 Å². The number of hydrogen-bond acceptors (Lipinski definition) is 1. The molecule has 2 nitrogen and oxygen atoms in total. The maximum absolute atomic E-state index is 11.3. The summed E-state index contributed by atoms with van der Waals surface area (Å²) in [5.74, 6) is 0.598. The first kappa shape index (κ1) is 7.13. The number of allylic oxidation sites excluding steroid dienone is 4. The van der Waals surface area contributed by atoms with Gasteiger partial charge in [-0.25, -0.2) is 0 Å². The van der Waals surface area contributed by atoms with Crippen molar-refractivity contribution in [2.75, 3.05) is 0 Å². The van der Waals surface area contributed by atoms with Gasteiger partial charge in [0, 0.05) is 17.8 Å². The standard InChI is InChI=1S/C11H11NO/c13-10-7-11-6-2-1-3-8(11)4-5-9(11)12-10/h1-6,8-9H,7H2,(H,12,13)/t8-,9+,11+/m0/s1. The van der Waals surface area contributed by atoms with E-state index in [1.54, 1.807) is 0 Å². The van der Waals surface area contributed by atoms with E-state index in [1.165, 1.54) is 0 Å². The molecule has 1 fully saturated rings. The molecule has 3 atom stereocenters. The molecular formula is C11H11NO. The monoisotopic (exact) mass is 173 g/mol. The fourth-order valence-electron chi connectivity index (χ4n) is 2.64. The Morgan fingerprint density at radius 2 is 2.23 bits per heavy atom. The largest absolute Gasteiger partial charge is 0.349 e. The highest BCUT2D eigenvalue weighted by Crippen LogP contribution is 2.48. The molecule has 0 radical (unpaired) electrons. The van der Waals surface area contributed by atoms with E-state index < -0.39 is 0 Å². The summed E-state index contributed by atoms with van der Waals surface area (Å²) in [7, 11) is 0. The van der Waals surface area contributed by atoms with Crippen molar-refractivity contribution in [2.45, 2.75) is 12.5 Å². The maximum atomic E-state index is 11.3. The zero-order valence-electron chi connectivity index (χ0n) is 7.23. The van der Waals surface area contributed by atoms with E-state index >= 15 is 0 Å². The molecule has 0 aromatic heterocycles. The zero-order valence-corrected chi connectivity index (χ0v) is 7.23. The van der Waals surface area contributed by atoms with Crippen LogP contribution in [0.15, 0.2) is 36.5 Å². The second kappa shape index (κ2) is 2.13. The van der Waals surface area contributed by atoms with Crippen LogP contribution in [-0.2, 0) is 4.79 Å². The molecule has 2 aliphatic carbocycles. The molecule has 0 saturated carbocycles. The van der Waals surface area contributed by atoms with Crippen LogP contribution in [0.3, 0.4) is 0 Å². The predicted molar refractivity (Wildman–Crippen MR) is 49.9 cm³/mol. The van der Waals surface area contributed by atoms with Gasteiger partial charge in [0.2, 0.25) is 5.91 Å². The number of nitrogens with one attached hydrogen (secondary N) is 1. The number of hydrogen-bond donors (Lipinski definition) is 1.